The second-order valence-electron chi connectivity index (χ2n) is 11.5. The molecule has 8 aromatic carbocycles. The first-order valence-corrected chi connectivity index (χ1v) is 15.7. The van der Waals surface area contributed by atoms with E-state index in [4.69, 9.17) is 12.6 Å². The molecule has 0 aliphatic carbocycles. The Labute approximate surface area is 291 Å². The first-order valence-electron chi connectivity index (χ1n) is 19.7. The molecule has 0 radical (unpaired) electrons. The van der Waals surface area contributed by atoms with E-state index < -0.39 is 18.1 Å². The number of hydrogen-bond donors (Lipinski definition) is 0. The molecule has 0 spiro atoms. The van der Waals surface area contributed by atoms with Crippen LogP contribution in [0.25, 0.3) is 66.1 Å². The van der Waals surface area contributed by atoms with Crippen LogP contribution in [-0.4, -0.2) is 0 Å². The van der Waals surface area contributed by atoms with Crippen LogP contribution >= 0.6 is 0 Å². The Hall–Kier alpha value is -6.38. The first kappa shape index (κ1) is 20.7. The van der Waals surface area contributed by atoms with Gasteiger partial charge in [-0.05, 0) is 81.2 Å². The summed E-state index contributed by atoms with van der Waals surface area (Å²) in [6.07, 6.45) is 0. The number of benzene rings is 8. The molecule has 2 heteroatoms. The van der Waals surface area contributed by atoms with Crippen LogP contribution in [0.4, 0.5) is 17.1 Å². The van der Waals surface area contributed by atoms with Crippen LogP contribution in [0, 0.1) is 0 Å². The third-order valence-electron chi connectivity index (χ3n) is 8.65. The molecule has 0 saturated heterocycles. The maximum Gasteiger partial charge on any atom is 0.143 e. The number of hydrogen-bond acceptors (Lipinski definition) is 2. The molecule has 0 atom stereocenters. The molecule has 0 amide bonds. The van der Waals surface area contributed by atoms with Gasteiger partial charge in [0, 0.05) is 22.1 Å². The lowest BCUT2D eigenvalue weighted by molar-refractivity contribution is 0.672. The molecule has 0 saturated carbocycles. The van der Waals surface area contributed by atoms with Gasteiger partial charge in [-0.3, -0.25) is 0 Å². The van der Waals surface area contributed by atoms with Crippen LogP contribution in [0.2, 0.25) is 0 Å². The molecule has 9 rings (SSSR count). The molecule has 1 aromatic heterocycles. The molecule has 2 nitrogen and oxygen atoms in total. The van der Waals surface area contributed by atoms with E-state index in [1.54, 1.807) is 24.3 Å². The monoisotopic (exact) mass is 621 g/mol. The molecule has 9 aromatic rings. The highest BCUT2D eigenvalue weighted by Crippen LogP contribution is 2.46. The minimum Gasteiger partial charge on any atom is -0.455 e. The fourth-order valence-corrected chi connectivity index (χ4v) is 6.39. The van der Waals surface area contributed by atoms with Crippen LogP contribution in [0.5, 0.6) is 0 Å². The van der Waals surface area contributed by atoms with E-state index in [-0.39, 0.29) is 74.2 Å². The quantitative estimate of drug-likeness (QED) is 0.184. The van der Waals surface area contributed by atoms with E-state index in [1.807, 2.05) is 120 Å². The van der Waals surface area contributed by atoms with E-state index in [1.165, 1.54) is 0 Å². The van der Waals surface area contributed by atoms with Gasteiger partial charge in [0.2, 0.25) is 0 Å². The highest BCUT2D eigenvalue weighted by molar-refractivity contribution is 6.22. The summed E-state index contributed by atoms with van der Waals surface area (Å²) in [6, 6.07) is 41.8. The average Bonchev–Trinajstić information content (AvgIpc) is 3.64. The number of nitrogens with zero attached hydrogens (tertiary/aromatic N) is 1. The van der Waals surface area contributed by atoms with Gasteiger partial charge in [-0.15, -0.1) is 0 Å². The van der Waals surface area contributed by atoms with Crippen LogP contribution in [-0.2, 0) is 0 Å². The smallest absolute Gasteiger partial charge is 0.143 e. The lowest BCUT2D eigenvalue weighted by atomic mass is 9.95. The second-order valence-corrected chi connectivity index (χ2v) is 11.5. The summed E-state index contributed by atoms with van der Waals surface area (Å²) >= 11 is 0. The molecule has 0 N–H and O–H groups in total. The van der Waals surface area contributed by atoms with Crippen molar-refractivity contribution in [2.75, 3.05) is 4.90 Å². The number of anilines is 3. The van der Waals surface area contributed by atoms with Gasteiger partial charge in [-0.2, -0.15) is 0 Å². The zero-order chi connectivity index (χ0) is 38.8. The van der Waals surface area contributed by atoms with E-state index in [0.29, 0.717) is 16.9 Å². The summed E-state index contributed by atoms with van der Waals surface area (Å²) < 4.78 is 79.4. The number of furan rings is 1. The van der Waals surface area contributed by atoms with Gasteiger partial charge in [0.25, 0.3) is 0 Å². The van der Waals surface area contributed by atoms with Crippen molar-refractivity contribution >= 4 is 49.8 Å². The molecule has 0 fully saturated rings. The van der Waals surface area contributed by atoms with Crippen LogP contribution in [0.3, 0.4) is 0 Å². The third-order valence-corrected chi connectivity index (χ3v) is 8.65. The average molecular weight is 622 g/mol. The maximum atomic E-state index is 9.86. The summed E-state index contributed by atoms with van der Waals surface area (Å²) in [6.45, 7) is 0. The Morgan fingerprint density at radius 3 is 1.77 bits per heavy atom. The van der Waals surface area contributed by atoms with Gasteiger partial charge in [0.1, 0.15) is 11.2 Å². The van der Waals surface area contributed by atoms with Crippen molar-refractivity contribution in [3.63, 3.8) is 0 Å². The SMILES string of the molecule is [2H]c1c([2H])c(N(c2ccc(-c3ccccc3)cc2)c2cccc(-c3ccccc3)c2)c2c(oc3c4c([2H])c([2H])c([2H])c([2H])c4c(-c4ccccc4)c([2H])c32)c1[2H]. The molecule has 0 bridgehead atoms. The molecule has 1 heterocycles. The maximum absolute atomic E-state index is 9.86. The summed E-state index contributed by atoms with van der Waals surface area (Å²) in [5, 5.41) is 0.580. The second kappa shape index (κ2) is 11.8. The molecule has 0 aliphatic rings. The lowest BCUT2D eigenvalue weighted by Crippen LogP contribution is -2.10. The largest absolute Gasteiger partial charge is 0.455 e. The van der Waals surface area contributed by atoms with Crippen molar-refractivity contribution in [1.82, 2.24) is 0 Å². The van der Waals surface area contributed by atoms with Crippen molar-refractivity contribution in [1.29, 1.82) is 0 Å². The zero-order valence-electron chi connectivity index (χ0n) is 33.6. The van der Waals surface area contributed by atoms with Gasteiger partial charge in [-0.1, -0.05) is 145 Å². The number of fused-ring (bicyclic) bond motifs is 5. The van der Waals surface area contributed by atoms with Crippen molar-refractivity contribution in [2.24, 2.45) is 0 Å². The Balaban J connectivity index is 1.44. The minimum absolute atomic E-state index is 0.0103. The third kappa shape index (κ3) is 4.83. The van der Waals surface area contributed by atoms with Gasteiger partial charge in [0.15, 0.2) is 0 Å². The van der Waals surface area contributed by atoms with Crippen molar-refractivity contribution in [2.45, 2.75) is 0 Å². The van der Waals surface area contributed by atoms with Gasteiger partial charge >= 0.3 is 0 Å². The Bertz CT molecular complexity index is 2990. The predicted molar refractivity (Wildman–Crippen MR) is 202 cm³/mol. The topological polar surface area (TPSA) is 16.4 Å². The van der Waals surface area contributed by atoms with Crippen molar-refractivity contribution in [3.8, 4) is 33.4 Å². The molecule has 226 valence electrons. The molecular formula is C46H31NO. The fraction of sp³-hybridized carbons (Fsp3) is 0. The zero-order valence-corrected chi connectivity index (χ0v) is 25.6. The standard InChI is InChI=1S/C46H31NO/c1-4-14-32(15-5-1)34-26-28-37(29-27-34)47(38-21-12-20-36(30-38)33-16-6-2-7-17-33)43-24-13-25-44-45(43)42-31-41(35-18-8-3-9-19-35)39-22-10-11-23-40(39)46(42)48-44/h1-31H/i10D,11D,13D,22D,23D,24D,25D,31D. The van der Waals surface area contributed by atoms with Gasteiger partial charge < -0.3 is 9.32 Å². The summed E-state index contributed by atoms with van der Waals surface area (Å²) in [4.78, 5) is 1.85. The van der Waals surface area contributed by atoms with E-state index >= 15 is 0 Å². The highest BCUT2D eigenvalue weighted by Gasteiger charge is 2.22. The van der Waals surface area contributed by atoms with Crippen LogP contribution in [0.1, 0.15) is 11.0 Å². The van der Waals surface area contributed by atoms with E-state index in [2.05, 4.69) is 0 Å². The van der Waals surface area contributed by atoms with Crippen molar-refractivity contribution < 1.29 is 15.4 Å². The summed E-state index contributed by atoms with van der Waals surface area (Å²) in [5.41, 5.74) is 6.14. The van der Waals surface area contributed by atoms with Crippen molar-refractivity contribution in [3.05, 3.63) is 188 Å². The van der Waals surface area contributed by atoms with E-state index in [9.17, 15) is 2.74 Å². The summed E-state index contributed by atoms with van der Waals surface area (Å²) in [5.74, 6) is 0. The Kier molecular flexibility index (Phi) is 5.07. The number of rotatable bonds is 6. The molecule has 0 unspecified atom stereocenters. The lowest BCUT2D eigenvalue weighted by Gasteiger charge is -2.27. The molecule has 48 heavy (non-hydrogen) atoms. The van der Waals surface area contributed by atoms with E-state index in [0.717, 1.165) is 22.3 Å². The summed E-state index contributed by atoms with van der Waals surface area (Å²) in [7, 11) is 0. The Morgan fingerprint density at radius 2 is 1.06 bits per heavy atom. The van der Waals surface area contributed by atoms with Gasteiger partial charge in [-0.25, -0.2) is 0 Å². The predicted octanol–water partition coefficient (Wildman–Crippen LogP) is 13.2. The molecular weight excluding hydrogens is 583 g/mol. The highest BCUT2D eigenvalue weighted by atomic mass is 16.3. The molecule has 0 aliphatic heterocycles. The van der Waals surface area contributed by atoms with Crippen LogP contribution < -0.4 is 4.90 Å². The van der Waals surface area contributed by atoms with Crippen LogP contribution in [0.15, 0.2) is 192 Å². The van der Waals surface area contributed by atoms with Gasteiger partial charge in [0.05, 0.1) is 22.0 Å². The first-order chi connectivity index (χ1) is 27.2. The minimum atomic E-state index is -0.465. The normalized spacial score (nSPS) is 13.7. The fourth-order valence-electron chi connectivity index (χ4n) is 6.39. The Morgan fingerprint density at radius 1 is 0.458 bits per heavy atom.